The van der Waals surface area contributed by atoms with E-state index >= 15 is 0 Å². The first kappa shape index (κ1) is 18.4. The van der Waals surface area contributed by atoms with Crippen LogP contribution in [0.15, 0.2) is 54.7 Å². The molecule has 5 nitrogen and oxygen atoms in total. The molecule has 0 unspecified atom stereocenters. The van der Waals surface area contributed by atoms with Crippen LogP contribution >= 0.6 is 0 Å². The van der Waals surface area contributed by atoms with Gasteiger partial charge in [-0.05, 0) is 36.2 Å². The Bertz CT molecular complexity index is 989. The highest BCUT2D eigenvalue weighted by atomic mass is 16.5. The van der Waals surface area contributed by atoms with Crippen molar-refractivity contribution in [2.24, 2.45) is 0 Å². The van der Waals surface area contributed by atoms with Crippen LogP contribution in [0.4, 0.5) is 0 Å². The Morgan fingerprint density at radius 3 is 2.64 bits per heavy atom. The number of methoxy groups -OCH3 is 1. The van der Waals surface area contributed by atoms with E-state index in [-0.39, 0.29) is 5.91 Å². The van der Waals surface area contributed by atoms with Crippen molar-refractivity contribution in [1.29, 1.82) is 0 Å². The highest BCUT2D eigenvalue weighted by Gasteiger charge is 2.23. The van der Waals surface area contributed by atoms with Crippen molar-refractivity contribution in [1.82, 2.24) is 14.8 Å². The molecule has 0 N–H and O–H groups in total. The molecule has 2 heterocycles. The van der Waals surface area contributed by atoms with Gasteiger partial charge in [-0.1, -0.05) is 30.3 Å². The van der Waals surface area contributed by atoms with Crippen molar-refractivity contribution in [3.8, 4) is 5.75 Å². The number of benzene rings is 2. The lowest BCUT2D eigenvalue weighted by Crippen LogP contribution is -2.48. The zero-order valence-electron chi connectivity index (χ0n) is 16.4. The van der Waals surface area contributed by atoms with E-state index in [1.165, 1.54) is 10.9 Å². The number of carbonyl (C=O) groups excluding carboxylic acids is 1. The van der Waals surface area contributed by atoms with Crippen LogP contribution in [-0.2, 0) is 6.54 Å². The van der Waals surface area contributed by atoms with E-state index in [0.29, 0.717) is 5.56 Å². The lowest BCUT2D eigenvalue weighted by atomic mass is 10.1. The molecule has 1 saturated heterocycles. The van der Waals surface area contributed by atoms with Gasteiger partial charge in [0.15, 0.2) is 0 Å². The molecule has 1 aliphatic heterocycles. The number of rotatable bonds is 4. The first-order valence-electron chi connectivity index (χ1n) is 9.64. The molecule has 0 spiro atoms. The Labute approximate surface area is 165 Å². The number of carbonyl (C=O) groups is 1. The lowest BCUT2D eigenvalue weighted by Gasteiger charge is -2.35. The normalized spacial score (nSPS) is 15.0. The molecule has 0 bridgehead atoms. The zero-order valence-corrected chi connectivity index (χ0v) is 16.4. The minimum atomic E-state index is 0.0739. The van der Waals surface area contributed by atoms with E-state index in [9.17, 15) is 4.79 Å². The third-order valence-corrected chi connectivity index (χ3v) is 5.42. The number of amides is 1. The number of pyridine rings is 1. The van der Waals surface area contributed by atoms with Gasteiger partial charge in [-0.2, -0.15) is 0 Å². The van der Waals surface area contributed by atoms with Crippen molar-refractivity contribution in [3.05, 3.63) is 71.4 Å². The Morgan fingerprint density at radius 2 is 1.86 bits per heavy atom. The van der Waals surface area contributed by atoms with Crippen molar-refractivity contribution >= 4 is 16.8 Å². The molecule has 1 aliphatic rings. The summed E-state index contributed by atoms with van der Waals surface area (Å²) < 4.78 is 5.36. The second-order valence-corrected chi connectivity index (χ2v) is 7.25. The van der Waals surface area contributed by atoms with Crippen molar-refractivity contribution in [2.75, 3.05) is 33.3 Å². The fraction of sp³-hybridized carbons (Fsp3) is 0.304. The monoisotopic (exact) mass is 375 g/mol. The standard InChI is InChI=1S/C23H25N3O2/c1-17-8-9-19(15-21(17)28-2)23(27)26-13-11-25(12-14-26)16-20-6-3-5-18-7-4-10-24-22(18)20/h3-10,15H,11-14,16H2,1-2H3. The summed E-state index contributed by atoms with van der Waals surface area (Å²) in [5, 5.41) is 1.17. The largest absolute Gasteiger partial charge is 0.496 e. The van der Waals surface area contributed by atoms with Crippen molar-refractivity contribution in [2.45, 2.75) is 13.5 Å². The molecule has 28 heavy (non-hydrogen) atoms. The van der Waals surface area contributed by atoms with E-state index in [4.69, 9.17) is 4.74 Å². The second kappa shape index (κ2) is 7.98. The summed E-state index contributed by atoms with van der Waals surface area (Å²) in [7, 11) is 1.64. The molecule has 1 fully saturated rings. The molecule has 2 aromatic carbocycles. The Morgan fingerprint density at radius 1 is 1.07 bits per heavy atom. The summed E-state index contributed by atoms with van der Waals surface area (Å²) in [6.07, 6.45) is 1.85. The summed E-state index contributed by atoms with van der Waals surface area (Å²) in [5.41, 5.74) is 4.03. The van der Waals surface area contributed by atoms with Gasteiger partial charge in [0.1, 0.15) is 5.75 Å². The number of ether oxygens (including phenoxy) is 1. The van der Waals surface area contributed by atoms with Gasteiger partial charge < -0.3 is 9.64 Å². The molecule has 1 amide bonds. The van der Waals surface area contributed by atoms with Gasteiger partial charge in [-0.3, -0.25) is 14.7 Å². The molecule has 144 valence electrons. The van der Waals surface area contributed by atoms with Crippen molar-refractivity contribution < 1.29 is 9.53 Å². The van der Waals surface area contributed by atoms with Crippen LogP contribution < -0.4 is 4.74 Å². The summed E-state index contributed by atoms with van der Waals surface area (Å²) in [6, 6.07) is 16.1. The number of hydrogen-bond acceptors (Lipinski definition) is 4. The fourth-order valence-corrected chi connectivity index (χ4v) is 3.78. The number of para-hydroxylation sites is 1. The van der Waals surface area contributed by atoms with Crippen molar-refractivity contribution in [3.63, 3.8) is 0 Å². The third kappa shape index (κ3) is 3.71. The van der Waals surface area contributed by atoms with Crippen LogP contribution in [0.5, 0.6) is 5.75 Å². The van der Waals surface area contributed by atoms with Gasteiger partial charge in [0.2, 0.25) is 0 Å². The first-order valence-corrected chi connectivity index (χ1v) is 9.64. The number of aromatic nitrogens is 1. The minimum Gasteiger partial charge on any atom is -0.496 e. The van der Waals surface area contributed by atoms with E-state index in [1.54, 1.807) is 7.11 Å². The average molecular weight is 375 g/mol. The summed E-state index contributed by atoms with van der Waals surface area (Å²) in [6.45, 7) is 6.01. The number of piperazine rings is 1. The quantitative estimate of drug-likeness (QED) is 0.700. The van der Waals surface area contributed by atoms with E-state index in [2.05, 4.69) is 34.1 Å². The van der Waals surface area contributed by atoms with Crippen LogP contribution in [0, 0.1) is 6.92 Å². The van der Waals surface area contributed by atoms with E-state index in [1.807, 2.05) is 42.3 Å². The fourth-order valence-electron chi connectivity index (χ4n) is 3.78. The Balaban J connectivity index is 1.41. The van der Waals surface area contributed by atoms with Crippen LogP contribution in [0.1, 0.15) is 21.5 Å². The molecule has 1 aromatic heterocycles. The Hall–Kier alpha value is -2.92. The molecular formula is C23H25N3O2. The maximum atomic E-state index is 12.9. The molecular weight excluding hydrogens is 350 g/mol. The number of nitrogens with zero attached hydrogens (tertiary/aromatic N) is 3. The summed E-state index contributed by atoms with van der Waals surface area (Å²) in [4.78, 5) is 21.7. The highest BCUT2D eigenvalue weighted by molar-refractivity contribution is 5.94. The average Bonchev–Trinajstić information content (AvgIpc) is 2.74. The molecule has 5 heteroatoms. The van der Waals surface area contributed by atoms with E-state index in [0.717, 1.165) is 49.6 Å². The lowest BCUT2D eigenvalue weighted by molar-refractivity contribution is 0.0628. The number of hydrogen-bond donors (Lipinski definition) is 0. The molecule has 0 atom stereocenters. The van der Waals surface area contributed by atoms with Gasteiger partial charge in [0.05, 0.1) is 12.6 Å². The van der Waals surface area contributed by atoms with Crippen LogP contribution in [-0.4, -0.2) is 54.0 Å². The maximum Gasteiger partial charge on any atom is 0.254 e. The predicted octanol–water partition coefficient (Wildman–Crippen LogP) is 3.51. The second-order valence-electron chi connectivity index (χ2n) is 7.25. The van der Waals surface area contributed by atoms with Gasteiger partial charge in [0, 0.05) is 49.9 Å². The Kier molecular flexibility index (Phi) is 5.26. The van der Waals surface area contributed by atoms with Gasteiger partial charge in [-0.25, -0.2) is 0 Å². The van der Waals surface area contributed by atoms with Crippen LogP contribution in [0.3, 0.4) is 0 Å². The minimum absolute atomic E-state index is 0.0739. The SMILES string of the molecule is COc1cc(C(=O)N2CCN(Cc3cccc4cccnc34)CC2)ccc1C. The third-order valence-electron chi connectivity index (χ3n) is 5.42. The zero-order chi connectivity index (χ0) is 19.5. The topological polar surface area (TPSA) is 45.7 Å². The van der Waals surface area contributed by atoms with E-state index < -0.39 is 0 Å². The molecule has 0 radical (unpaired) electrons. The van der Waals surface area contributed by atoms with Gasteiger partial charge in [0.25, 0.3) is 5.91 Å². The van der Waals surface area contributed by atoms with Crippen LogP contribution in [0.25, 0.3) is 10.9 Å². The summed E-state index contributed by atoms with van der Waals surface area (Å²) >= 11 is 0. The van der Waals surface area contributed by atoms with Crippen LogP contribution in [0.2, 0.25) is 0 Å². The number of aryl methyl sites for hydroxylation is 1. The highest BCUT2D eigenvalue weighted by Crippen LogP contribution is 2.22. The van der Waals surface area contributed by atoms with Gasteiger partial charge >= 0.3 is 0 Å². The number of fused-ring (bicyclic) bond motifs is 1. The molecule has 4 rings (SSSR count). The smallest absolute Gasteiger partial charge is 0.254 e. The summed E-state index contributed by atoms with van der Waals surface area (Å²) in [5.74, 6) is 0.831. The predicted molar refractivity (Wildman–Crippen MR) is 111 cm³/mol. The molecule has 0 saturated carbocycles. The molecule has 0 aliphatic carbocycles. The first-order chi connectivity index (χ1) is 13.7. The molecule has 3 aromatic rings. The van der Waals surface area contributed by atoms with Gasteiger partial charge in [-0.15, -0.1) is 0 Å². The maximum absolute atomic E-state index is 12.9.